The molecule has 0 radical (unpaired) electrons. The van der Waals surface area contributed by atoms with E-state index in [-0.39, 0.29) is 11.8 Å². The smallest absolute Gasteiger partial charge is 0.0950 e. The van der Waals surface area contributed by atoms with Crippen LogP contribution in [0.4, 0.5) is 8.78 Å². The summed E-state index contributed by atoms with van der Waals surface area (Å²) in [6, 6.07) is 0. The lowest BCUT2D eigenvalue weighted by Gasteiger charge is -2.14. The van der Waals surface area contributed by atoms with Crippen molar-refractivity contribution < 1.29 is 8.78 Å². The average molecular weight is 136 g/mol. The number of rotatable bonds is 4. The Balaban J connectivity index is 3.50. The van der Waals surface area contributed by atoms with Gasteiger partial charge in [0.25, 0.3) is 0 Å². The third kappa shape index (κ3) is 2.78. The molecule has 0 bridgehead atoms. The van der Waals surface area contributed by atoms with Crippen molar-refractivity contribution in [3.63, 3.8) is 0 Å². The third-order valence-electron chi connectivity index (χ3n) is 1.85. The van der Waals surface area contributed by atoms with Crippen LogP contribution in [0.1, 0.15) is 20.3 Å². The summed E-state index contributed by atoms with van der Waals surface area (Å²) in [7, 11) is 0. The van der Waals surface area contributed by atoms with Crippen molar-refractivity contribution >= 4 is 0 Å². The molecule has 1 atom stereocenters. The van der Waals surface area contributed by atoms with Gasteiger partial charge in [-0.1, -0.05) is 20.3 Å². The predicted molar refractivity (Wildman–Crippen MR) is 34.9 cm³/mol. The molecule has 0 nitrogen and oxygen atoms in total. The summed E-state index contributed by atoms with van der Waals surface area (Å²) in [5.41, 5.74) is 0. The zero-order valence-corrected chi connectivity index (χ0v) is 6.03. The molecule has 0 rings (SSSR count). The molecule has 0 aliphatic rings. The molecule has 2 heteroatoms. The van der Waals surface area contributed by atoms with E-state index in [1.54, 1.807) is 0 Å². The predicted octanol–water partition coefficient (Wildman–Crippen LogP) is 2.59. The van der Waals surface area contributed by atoms with Gasteiger partial charge in [-0.3, -0.25) is 8.78 Å². The van der Waals surface area contributed by atoms with Crippen LogP contribution in [0.15, 0.2) is 0 Å². The molecule has 0 spiro atoms. The molecule has 0 aliphatic carbocycles. The number of halogens is 2. The van der Waals surface area contributed by atoms with Crippen LogP contribution < -0.4 is 0 Å². The second kappa shape index (κ2) is 4.71. The number of hydrogen-bond acceptors (Lipinski definition) is 0. The molecule has 0 saturated heterocycles. The molecular formula is C7H14F2. The van der Waals surface area contributed by atoms with E-state index in [0.717, 1.165) is 6.42 Å². The quantitative estimate of drug-likeness (QED) is 0.557. The maximum absolute atomic E-state index is 11.9. The summed E-state index contributed by atoms with van der Waals surface area (Å²) in [6.45, 7) is 2.78. The lowest BCUT2D eigenvalue weighted by atomic mass is 9.94. The van der Waals surface area contributed by atoms with Crippen molar-refractivity contribution in [2.75, 3.05) is 13.3 Å². The average Bonchev–Trinajstić information content (AvgIpc) is 1.90. The van der Waals surface area contributed by atoms with Crippen LogP contribution in [0.2, 0.25) is 0 Å². The maximum Gasteiger partial charge on any atom is 0.0950 e. The Kier molecular flexibility index (Phi) is 4.64. The molecule has 0 aliphatic heterocycles. The highest BCUT2D eigenvalue weighted by Gasteiger charge is 2.14. The van der Waals surface area contributed by atoms with Crippen LogP contribution >= 0.6 is 0 Å². The first-order valence-electron chi connectivity index (χ1n) is 3.38. The molecular weight excluding hydrogens is 122 g/mol. The van der Waals surface area contributed by atoms with E-state index in [0.29, 0.717) is 0 Å². The fourth-order valence-corrected chi connectivity index (χ4v) is 0.679. The van der Waals surface area contributed by atoms with E-state index in [4.69, 9.17) is 0 Å². The lowest BCUT2D eigenvalue weighted by Crippen LogP contribution is -2.14. The Hall–Kier alpha value is -0.140. The van der Waals surface area contributed by atoms with E-state index >= 15 is 0 Å². The van der Waals surface area contributed by atoms with Crippen molar-refractivity contribution in [1.29, 1.82) is 0 Å². The molecule has 0 aromatic carbocycles. The van der Waals surface area contributed by atoms with Gasteiger partial charge in [-0.15, -0.1) is 0 Å². The summed E-state index contributed by atoms with van der Waals surface area (Å²) in [6.07, 6.45) is 0.860. The van der Waals surface area contributed by atoms with Gasteiger partial charge >= 0.3 is 0 Å². The Labute approximate surface area is 55.3 Å². The summed E-state index contributed by atoms with van der Waals surface area (Å²) in [5, 5.41) is 0. The van der Waals surface area contributed by atoms with Gasteiger partial charge in [0.1, 0.15) is 0 Å². The SMILES string of the molecule is CCC(C)C(CF)CF. The highest BCUT2D eigenvalue weighted by Crippen LogP contribution is 2.15. The molecule has 0 heterocycles. The number of hydrogen-bond donors (Lipinski definition) is 0. The second-order valence-electron chi connectivity index (χ2n) is 2.45. The lowest BCUT2D eigenvalue weighted by molar-refractivity contribution is 0.217. The van der Waals surface area contributed by atoms with Gasteiger partial charge in [-0.25, -0.2) is 0 Å². The van der Waals surface area contributed by atoms with Crippen LogP contribution in [0.5, 0.6) is 0 Å². The summed E-state index contributed by atoms with van der Waals surface area (Å²) < 4.78 is 23.7. The first-order chi connectivity index (χ1) is 4.26. The van der Waals surface area contributed by atoms with Crippen molar-refractivity contribution in [3.8, 4) is 0 Å². The van der Waals surface area contributed by atoms with E-state index in [1.165, 1.54) is 0 Å². The number of alkyl halides is 2. The van der Waals surface area contributed by atoms with E-state index < -0.39 is 13.3 Å². The third-order valence-corrected chi connectivity index (χ3v) is 1.85. The standard InChI is InChI=1S/C7H14F2/c1-3-6(2)7(4-8)5-9/h6-7H,3-5H2,1-2H3. The van der Waals surface area contributed by atoms with Gasteiger partial charge in [-0.05, 0) is 5.92 Å². The zero-order valence-electron chi connectivity index (χ0n) is 6.03. The maximum atomic E-state index is 11.9. The zero-order chi connectivity index (χ0) is 7.28. The van der Waals surface area contributed by atoms with Gasteiger partial charge in [0, 0.05) is 5.92 Å². The Morgan fingerprint density at radius 2 is 1.67 bits per heavy atom. The van der Waals surface area contributed by atoms with Gasteiger partial charge in [0.15, 0.2) is 0 Å². The van der Waals surface area contributed by atoms with Crippen molar-refractivity contribution in [2.45, 2.75) is 20.3 Å². The van der Waals surface area contributed by atoms with Crippen molar-refractivity contribution in [2.24, 2.45) is 11.8 Å². The summed E-state index contributed by atoms with van der Waals surface area (Å²) in [5.74, 6) is -0.185. The summed E-state index contributed by atoms with van der Waals surface area (Å²) in [4.78, 5) is 0. The van der Waals surface area contributed by atoms with Gasteiger partial charge in [0.05, 0.1) is 13.3 Å². The fourth-order valence-electron chi connectivity index (χ4n) is 0.679. The monoisotopic (exact) mass is 136 g/mol. The van der Waals surface area contributed by atoms with Crippen LogP contribution in [-0.4, -0.2) is 13.3 Å². The minimum Gasteiger partial charge on any atom is -0.251 e. The van der Waals surface area contributed by atoms with Gasteiger partial charge in [-0.2, -0.15) is 0 Å². The fraction of sp³-hybridized carbons (Fsp3) is 1.00. The Morgan fingerprint density at radius 1 is 1.22 bits per heavy atom. The molecule has 56 valence electrons. The van der Waals surface area contributed by atoms with Gasteiger partial charge < -0.3 is 0 Å². The van der Waals surface area contributed by atoms with Crippen LogP contribution in [0.25, 0.3) is 0 Å². The van der Waals surface area contributed by atoms with Gasteiger partial charge in [0.2, 0.25) is 0 Å². The molecule has 0 aromatic heterocycles. The first kappa shape index (κ1) is 8.86. The van der Waals surface area contributed by atoms with Crippen LogP contribution in [-0.2, 0) is 0 Å². The molecule has 0 aromatic rings. The van der Waals surface area contributed by atoms with Crippen LogP contribution in [0.3, 0.4) is 0 Å². The molecule has 0 N–H and O–H groups in total. The van der Waals surface area contributed by atoms with E-state index in [9.17, 15) is 8.78 Å². The Bertz CT molecular complexity index is 59.9. The minimum atomic E-state index is -0.522. The summed E-state index contributed by atoms with van der Waals surface area (Å²) >= 11 is 0. The Morgan fingerprint density at radius 3 is 1.78 bits per heavy atom. The van der Waals surface area contributed by atoms with Crippen molar-refractivity contribution in [3.05, 3.63) is 0 Å². The topological polar surface area (TPSA) is 0 Å². The van der Waals surface area contributed by atoms with E-state index in [2.05, 4.69) is 0 Å². The van der Waals surface area contributed by atoms with Crippen molar-refractivity contribution in [1.82, 2.24) is 0 Å². The highest BCUT2D eigenvalue weighted by molar-refractivity contribution is 4.62. The highest BCUT2D eigenvalue weighted by atomic mass is 19.1. The molecule has 0 amide bonds. The molecule has 9 heavy (non-hydrogen) atoms. The van der Waals surface area contributed by atoms with Crippen LogP contribution in [0, 0.1) is 11.8 Å². The minimum absolute atomic E-state index is 0.181. The largest absolute Gasteiger partial charge is 0.251 e. The first-order valence-corrected chi connectivity index (χ1v) is 3.38. The molecule has 0 saturated carbocycles. The normalized spacial score (nSPS) is 14.3. The van der Waals surface area contributed by atoms with E-state index in [1.807, 2.05) is 13.8 Å². The second-order valence-corrected chi connectivity index (χ2v) is 2.45. The molecule has 0 fully saturated rings. The molecule has 1 unspecified atom stereocenters.